The molecular weight excluding hydrogens is 466 g/mol. The number of carboxylic acids is 1. The first-order valence-corrected chi connectivity index (χ1v) is 11.3. The summed E-state index contributed by atoms with van der Waals surface area (Å²) in [5, 5.41) is 16.6. The van der Waals surface area contributed by atoms with E-state index in [0.717, 1.165) is 0 Å². The molecule has 0 aliphatic rings. The monoisotopic (exact) mass is 499 g/mol. The average Bonchev–Trinajstić information content (AvgIpc) is 3.26. The Morgan fingerprint density at radius 2 is 1.65 bits per heavy atom. The molecule has 190 valence electrons. The number of rotatable bonds is 15. The van der Waals surface area contributed by atoms with E-state index in [9.17, 15) is 29.1 Å². The molecule has 34 heavy (non-hydrogen) atoms. The van der Waals surface area contributed by atoms with Gasteiger partial charge in [-0.1, -0.05) is 13.8 Å². The van der Waals surface area contributed by atoms with Gasteiger partial charge < -0.3 is 37.5 Å². The Morgan fingerprint density at radius 1 is 1.06 bits per heavy atom. The quantitative estimate of drug-likeness (QED) is 0.126. The minimum absolute atomic E-state index is 0.00445. The van der Waals surface area contributed by atoms with Gasteiger partial charge in [-0.05, 0) is 18.8 Å². The van der Waals surface area contributed by atoms with E-state index in [-0.39, 0.29) is 37.4 Å². The molecule has 9 N–H and O–H groups in total. The third-order valence-corrected chi connectivity index (χ3v) is 5.15. The second-order valence-electron chi connectivity index (χ2n) is 8.23. The molecule has 0 radical (unpaired) electrons. The number of carbonyl (C=O) groups is 5. The summed E-state index contributed by atoms with van der Waals surface area (Å²) in [4.78, 5) is 67.2. The lowest BCUT2D eigenvalue weighted by molar-refractivity contribution is -0.142. The average molecular weight is 500 g/mol. The summed E-state index contributed by atoms with van der Waals surface area (Å²) in [5.41, 5.74) is 11.7. The minimum Gasteiger partial charge on any atom is -0.480 e. The number of aromatic amines is 1. The highest BCUT2D eigenvalue weighted by Gasteiger charge is 2.30. The number of hydrogen-bond donors (Lipinski definition) is 8. The normalized spacial score (nSPS) is 14.5. The van der Waals surface area contributed by atoms with Crippen molar-refractivity contribution in [3.05, 3.63) is 18.2 Å². The van der Waals surface area contributed by atoms with E-state index < -0.39 is 53.8 Å². The molecule has 0 spiro atoms. The van der Waals surface area contributed by atoms with Gasteiger partial charge >= 0.3 is 5.97 Å². The summed E-state index contributed by atoms with van der Waals surface area (Å²) in [6.45, 7) is 3.62. The van der Waals surface area contributed by atoms with Crippen LogP contribution in [0.2, 0.25) is 0 Å². The Hall–Kier alpha value is -3.13. The molecule has 14 heteroatoms. The summed E-state index contributed by atoms with van der Waals surface area (Å²) in [6.07, 6.45) is 2.92. The van der Waals surface area contributed by atoms with E-state index in [1.807, 2.05) is 13.8 Å². The van der Waals surface area contributed by atoms with E-state index in [1.54, 1.807) is 0 Å². The number of primary amides is 1. The number of amides is 4. The SMILES string of the molecule is CC(C)CC(NC(=O)C(CS)NC(=O)C(CCC(N)=O)NC(=O)C(N)Cc1cnc[nH]1)C(=O)O. The number of aliphatic carboxylic acids is 1. The fourth-order valence-corrected chi connectivity index (χ4v) is 3.25. The van der Waals surface area contributed by atoms with Crippen LogP contribution in [0.15, 0.2) is 12.5 Å². The molecule has 0 fully saturated rings. The summed E-state index contributed by atoms with van der Waals surface area (Å²) < 4.78 is 0. The predicted molar refractivity (Wildman–Crippen MR) is 125 cm³/mol. The Kier molecular flexibility index (Phi) is 12.1. The van der Waals surface area contributed by atoms with Crippen LogP contribution in [-0.4, -0.2) is 74.6 Å². The molecule has 1 heterocycles. The van der Waals surface area contributed by atoms with Crippen LogP contribution in [0, 0.1) is 5.92 Å². The number of imidazole rings is 1. The largest absolute Gasteiger partial charge is 0.480 e. The van der Waals surface area contributed by atoms with E-state index in [0.29, 0.717) is 5.69 Å². The lowest BCUT2D eigenvalue weighted by Gasteiger charge is -2.24. The fourth-order valence-electron chi connectivity index (χ4n) is 2.99. The van der Waals surface area contributed by atoms with E-state index >= 15 is 0 Å². The van der Waals surface area contributed by atoms with Crippen molar-refractivity contribution in [3.8, 4) is 0 Å². The minimum atomic E-state index is -1.21. The number of H-pyrrole nitrogens is 1. The van der Waals surface area contributed by atoms with Gasteiger partial charge in [-0.2, -0.15) is 12.6 Å². The molecule has 4 amide bonds. The number of nitrogens with zero attached hydrogens (tertiary/aromatic N) is 1. The van der Waals surface area contributed by atoms with Gasteiger partial charge in [-0.15, -0.1) is 0 Å². The zero-order chi connectivity index (χ0) is 25.8. The molecular formula is C20H33N7O6S. The first-order valence-electron chi connectivity index (χ1n) is 10.7. The molecule has 0 bridgehead atoms. The number of hydrogen-bond acceptors (Lipinski definition) is 8. The highest BCUT2D eigenvalue weighted by Crippen LogP contribution is 2.06. The van der Waals surface area contributed by atoms with Crippen molar-refractivity contribution in [1.82, 2.24) is 25.9 Å². The molecule has 1 aromatic heterocycles. The maximum atomic E-state index is 12.8. The molecule has 0 saturated heterocycles. The zero-order valence-corrected chi connectivity index (χ0v) is 20.0. The van der Waals surface area contributed by atoms with E-state index in [1.165, 1.54) is 12.5 Å². The number of thiol groups is 1. The second-order valence-corrected chi connectivity index (χ2v) is 8.59. The standard InChI is InChI=1S/C20H33N7O6S/c1-10(2)5-14(20(32)33)26-19(31)15(8-34)27-18(30)13(3-4-16(22)28)25-17(29)12(21)6-11-7-23-9-24-11/h7,9-10,12-15,34H,3-6,8,21H2,1-2H3,(H2,22,28)(H,23,24)(H,25,29)(H,26,31)(H,27,30)(H,32,33). The summed E-state index contributed by atoms with van der Waals surface area (Å²) in [5.74, 6) is -4.19. The van der Waals surface area contributed by atoms with Gasteiger partial charge in [0.15, 0.2) is 0 Å². The lowest BCUT2D eigenvalue weighted by atomic mass is 10.0. The van der Waals surface area contributed by atoms with Gasteiger partial charge in [0.25, 0.3) is 0 Å². The molecule has 13 nitrogen and oxygen atoms in total. The topological polar surface area (TPSA) is 222 Å². The van der Waals surface area contributed by atoms with Gasteiger partial charge in [0.2, 0.25) is 23.6 Å². The molecule has 4 atom stereocenters. The number of nitrogens with two attached hydrogens (primary N) is 2. The van der Waals surface area contributed by atoms with Crippen molar-refractivity contribution >= 4 is 42.2 Å². The zero-order valence-electron chi connectivity index (χ0n) is 19.1. The Bertz CT molecular complexity index is 848. The van der Waals surface area contributed by atoms with Crippen LogP contribution in [0.25, 0.3) is 0 Å². The Morgan fingerprint density at radius 3 is 2.15 bits per heavy atom. The molecule has 0 saturated carbocycles. The van der Waals surface area contributed by atoms with Gasteiger partial charge in [-0.25, -0.2) is 9.78 Å². The van der Waals surface area contributed by atoms with Crippen LogP contribution in [0.4, 0.5) is 0 Å². The summed E-state index contributed by atoms with van der Waals surface area (Å²) in [6, 6.07) is -4.55. The van der Waals surface area contributed by atoms with Crippen molar-refractivity contribution in [1.29, 1.82) is 0 Å². The molecule has 1 rings (SSSR count). The predicted octanol–water partition coefficient (Wildman–Crippen LogP) is -1.94. The molecule has 0 aromatic carbocycles. The van der Waals surface area contributed by atoms with E-state index in [2.05, 4.69) is 38.5 Å². The van der Waals surface area contributed by atoms with Crippen molar-refractivity contribution in [3.63, 3.8) is 0 Å². The first-order chi connectivity index (χ1) is 15.9. The maximum absolute atomic E-state index is 12.8. The lowest BCUT2D eigenvalue weighted by Crippen LogP contribution is -2.58. The molecule has 1 aromatic rings. The van der Waals surface area contributed by atoms with Crippen molar-refractivity contribution < 1.29 is 29.1 Å². The van der Waals surface area contributed by atoms with Crippen LogP contribution < -0.4 is 27.4 Å². The van der Waals surface area contributed by atoms with Crippen molar-refractivity contribution in [2.24, 2.45) is 17.4 Å². The molecule has 0 aliphatic heterocycles. The van der Waals surface area contributed by atoms with Gasteiger partial charge in [0, 0.05) is 30.5 Å². The van der Waals surface area contributed by atoms with Gasteiger partial charge in [0.05, 0.1) is 12.4 Å². The smallest absolute Gasteiger partial charge is 0.326 e. The third kappa shape index (κ3) is 10.2. The van der Waals surface area contributed by atoms with Gasteiger partial charge in [-0.3, -0.25) is 19.2 Å². The third-order valence-electron chi connectivity index (χ3n) is 4.78. The highest BCUT2D eigenvalue weighted by molar-refractivity contribution is 7.80. The maximum Gasteiger partial charge on any atom is 0.326 e. The summed E-state index contributed by atoms with van der Waals surface area (Å²) in [7, 11) is 0. The van der Waals surface area contributed by atoms with Crippen LogP contribution in [-0.2, 0) is 30.4 Å². The number of aromatic nitrogens is 2. The van der Waals surface area contributed by atoms with Crippen LogP contribution in [0.3, 0.4) is 0 Å². The highest BCUT2D eigenvalue weighted by atomic mass is 32.1. The molecule has 0 aliphatic carbocycles. The Balaban J connectivity index is 2.85. The number of carbonyl (C=O) groups excluding carboxylic acids is 4. The second kappa shape index (κ2) is 14.2. The summed E-state index contributed by atoms with van der Waals surface area (Å²) >= 11 is 4.06. The molecule has 4 unspecified atom stereocenters. The van der Waals surface area contributed by atoms with Crippen molar-refractivity contribution in [2.75, 3.05) is 5.75 Å². The van der Waals surface area contributed by atoms with Crippen molar-refractivity contribution in [2.45, 2.75) is 63.7 Å². The van der Waals surface area contributed by atoms with Crippen LogP contribution >= 0.6 is 12.6 Å². The van der Waals surface area contributed by atoms with Gasteiger partial charge in [0.1, 0.15) is 18.1 Å². The number of carboxylic acid groups (broad SMARTS) is 1. The fraction of sp³-hybridized carbons (Fsp3) is 0.600. The van der Waals surface area contributed by atoms with Crippen LogP contribution in [0.1, 0.15) is 38.8 Å². The Labute approximate surface area is 202 Å². The number of nitrogens with one attached hydrogen (secondary N) is 4. The first kappa shape index (κ1) is 28.9. The van der Waals surface area contributed by atoms with E-state index in [4.69, 9.17) is 11.5 Å². The van der Waals surface area contributed by atoms with Crippen LogP contribution in [0.5, 0.6) is 0 Å².